The third-order valence-electron chi connectivity index (χ3n) is 23.4. The third-order valence-corrected chi connectivity index (χ3v) is 23.9. The summed E-state index contributed by atoms with van der Waals surface area (Å²) in [5.41, 5.74) is 12.6. The van der Waals surface area contributed by atoms with E-state index < -0.39 is 17.1 Å². The lowest BCUT2D eigenvalue weighted by Crippen LogP contribution is -2.46. The summed E-state index contributed by atoms with van der Waals surface area (Å²) in [6.45, 7) is 25.3. The number of rotatable bonds is 15. The minimum atomic E-state index is -0.773. The lowest BCUT2D eigenvalue weighted by atomic mass is 9.95. The van der Waals surface area contributed by atoms with Crippen molar-refractivity contribution in [2.24, 2.45) is 11.7 Å². The van der Waals surface area contributed by atoms with Crippen molar-refractivity contribution in [3.63, 3.8) is 0 Å². The summed E-state index contributed by atoms with van der Waals surface area (Å²) in [6.07, 6.45) is 17.5. The molecule has 20 rings (SSSR count). The molecule has 8 aliphatic rings. The minimum Gasteiger partial charge on any atom is -0.460 e. The molecule has 16 heterocycles. The number of pyridine rings is 4. The number of anilines is 7. The fourth-order valence-corrected chi connectivity index (χ4v) is 17.1. The molecule has 31 nitrogen and oxygen atoms in total. The van der Waals surface area contributed by atoms with Gasteiger partial charge in [-0.15, -0.1) is 0 Å². The first-order chi connectivity index (χ1) is 61.9. The molecule has 8 aromatic heterocycles. The van der Waals surface area contributed by atoms with Gasteiger partial charge in [-0.25, -0.2) is 54.3 Å². The van der Waals surface area contributed by atoms with Crippen molar-refractivity contribution in [2.45, 2.75) is 127 Å². The van der Waals surface area contributed by atoms with E-state index in [1.165, 1.54) is 19.6 Å². The summed E-state index contributed by atoms with van der Waals surface area (Å²) in [5.74, 6) is 8.64. The Hall–Kier alpha value is -12.6. The molecule has 5 N–H and O–H groups in total. The van der Waals surface area contributed by atoms with Crippen LogP contribution in [0, 0.1) is 5.92 Å². The molecule has 4 atom stereocenters. The van der Waals surface area contributed by atoms with Crippen LogP contribution >= 0.6 is 23.2 Å². The van der Waals surface area contributed by atoms with Gasteiger partial charge in [0.15, 0.2) is 22.6 Å². The van der Waals surface area contributed by atoms with Crippen molar-refractivity contribution < 1.29 is 38.1 Å². The molecule has 0 bridgehead atoms. The number of halogens is 2. The smallest absolute Gasteiger partial charge is 0.407 e. The van der Waals surface area contributed by atoms with Crippen molar-refractivity contribution in [2.75, 3.05) is 153 Å². The number of alkyl carbamates (subject to hydrolysis) is 2. The van der Waals surface area contributed by atoms with Gasteiger partial charge in [0, 0.05) is 210 Å². The van der Waals surface area contributed by atoms with Crippen molar-refractivity contribution in [3.8, 4) is 0 Å². The maximum absolute atomic E-state index is 12.1. The van der Waals surface area contributed by atoms with E-state index in [1.54, 1.807) is 49.6 Å². The predicted molar refractivity (Wildman–Crippen MR) is 501 cm³/mol. The topological polar surface area (TPSA) is 345 Å². The first-order valence-electron chi connectivity index (χ1n) is 43.7. The fraction of sp³-hybridized carbons (Fsp3) is 0.411. The van der Waals surface area contributed by atoms with Crippen LogP contribution in [0.4, 0.5) is 55.1 Å². The zero-order valence-electron chi connectivity index (χ0n) is 73.5. The zero-order chi connectivity index (χ0) is 89.4. The van der Waals surface area contributed by atoms with Gasteiger partial charge >= 0.3 is 23.6 Å². The van der Waals surface area contributed by atoms with E-state index in [9.17, 15) is 19.2 Å². The van der Waals surface area contributed by atoms with E-state index in [-0.39, 0.29) is 35.8 Å². The first kappa shape index (κ1) is 90.2. The highest BCUT2D eigenvalue weighted by Crippen LogP contribution is 2.40. The van der Waals surface area contributed by atoms with Gasteiger partial charge in [-0.05, 0) is 159 Å². The van der Waals surface area contributed by atoms with Gasteiger partial charge in [-0.3, -0.25) is 24.7 Å². The Morgan fingerprint density at radius 2 is 0.742 bits per heavy atom. The molecule has 8 fully saturated rings. The second-order valence-corrected chi connectivity index (χ2v) is 35.8. The molecule has 0 radical (unpaired) electrons. The van der Waals surface area contributed by atoms with Crippen LogP contribution in [0.25, 0.3) is 43.6 Å². The van der Waals surface area contributed by atoms with Crippen LogP contribution in [0.15, 0.2) is 195 Å². The number of amides is 2. The standard InChI is InChI=1S/C25H30N6O2.C22H24N6O2.C20H22N6.C16H13ClN4.C10H19NO2.C2H3ClO2/c1-25(2,3)33-24(32)28-19-10-13-30(16-19)23-22(26-11-12-27-23)18-14-31(15-18)21-9-8-17-6-4-5-7-20(17)29-21;1-30-22(29)25-17-8-11-27(14-17)21-20(23-9-10-24-21)16-12-28(13-16)19-7-6-15-4-2-3-5-18(15)26-19;21-16-7-10-25(13-16)20-19(22-8-9-23-20)15-11-26(12-15)18-6-5-14-3-1-2-4-17(14)24-18;17-16-15(18-7-8-19-16)12-9-21(10-12)14-6-5-11-3-1-2-4-13(11)20-14;1-10(2,3)13-9(12)6-8-4-5-11-7-8;1-5-2(3)4/h4-9,11-12,18-19H,10,13-16H2,1-3H3,(H,28,32);2-7,9-10,16-17H,8,11-14H2,1H3,(H,25,29);1-6,8-9,15-16H,7,10-13,21H2;1-8,12H,9-10H2;8,11H,4-7H2,1-3H3;1H3. The lowest BCUT2D eigenvalue weighted by Gasteiger charge is -2.40. The molecular formula is C95H111Cl2N23O8. The number of hydrogen-bond donors (Lipinski definition) is 4. The average Bonchev–Trinajstić information content (AvgIpc) is 1.20. The summed E-state index contributed by atoms with van der Waals surface area (Å²) in [5, 5.41) is 14.2. The maximum Gasteiger partial charge on any atom is 0.407 e. The van der Waals surface area contributed by atoms with Gasteiger partial charge in [0.1, 0.15) is 34.5 Å². The molecule has 4 unspecified atom stereocenters. The molecule has 0 saturated carbocycles. The number of fused-ring (bicyclic) bond motifs is 4. The quantitative estimate of drug-likeness (QED) is 0.0421. The van der Waals surface area contributed by atoms with Crippen molar-refractivity contribution in [3.05, 3.63) is 223 Å². The molecule has 33 heteroatoms. The summed E-state index contributed by atoms with van der Waals surface area (Å²) in [4.78, 5) is 116. The van der Waals surface area contributed by atoms with Crippen LogP contribution in [-0.2, 0) is 23.7 Å². The Morgan fingerprint density at radius 1 is 0.406 bits per heavy atom. The molecular weight excluding hydrogens is 1660 g/mol. The van der Waals surface area contributed by atoms with E-state index in [4.69, 9.17) is 56.5 Å². The largest absolute Gasteiger partial charge is 0.460 e. The van der Waals surface area contributed by atoms with Crippen LogP contribution < -0.4 is 56.0 Å². The van der Waals surface area contributed by atoms with Crippen LogP contribution in [0.3, 0.4) is 0 Å². The van der Waals surface area contributed by atoms with Crippen LogP contribution in [0.2, 0.25) is 5.15 Å². The van der Waals surface area contributed by atoms with Gasteiger partial charge in [-0.2, -0.15) is 0 Å². The van der Waals surface area contributed by atoms with Crippen molar-refractivity contribution in [1.29, 1.82) is 0 Å². The molecule has 8 aliphatic heterocycles. The van der Waals surface area contributed by atoms with Gasteiger partial charge in [0.25, 0.3) is 0 Å². The first-order valence-corrected chi connectivity index (χ1v) is 44.5. The van der Waals surface area contributed by atoms with Gasteiger partial charge in [0.2, 0.25) is 0 Å². The third kappa shape index (κ3) is 23.4. The molecule has 4 aromatic carbocycles. The van der Waals surface area contributed by atoms with E-state index >= 15 is 0 Å². The Balaban J connectivity index is 0.000000124. The summed E-state index contributed by atoms with van der Waals surface area (Å²) < 4.78 is 19.2. The van der Waals surface area contributed by atoms with Crippen LogP contribution in [0.1, 0.15) is 120 Å². The number of nitrogens with zero attached hydrogens (tertiary/aromatic N) is 19. The molecule has 0 spiro atoms. The average molecular weight is 1770 g/mol. The molecule has 128 heavy (non-hydrogen) atoms. The minimum absolute atomic E-state index is 0.0365. The SMILES string of the molecule is CC(C)(C)OC(=O)CC1CCNC1.CC(C)(C)OC(=O)NC1CCN(c2nccnc2C2CN(c3ccc4ccccc4n3)C2)C1.COC(=O)Cl.COC(=O)NC1CCN(c2nccnc2C2CN(c3ccc4ccccc4n3)C2)C1.Clc1nccnc1C1CN(c2ccc3ccccc3n2)C1.NC1CCN(c2nccnc2C2CN(c3ccc4ccccc4n3)C2)C1. The lowest BCUT2D eigenvalue weighted by molar-refractivity contribution is -0.155. The Kier molecular flexibility index (Phi) is 29.2. The van der Waals surface area contributed by atoms with Crippen molar-refractivity contribution in [1.82, 2.24) is 75.8 Å². The number of nitrogens with one attached hydrogen (secondary N) is 3. The van der Waals surface area contributed by atoms with Gasteiger partial charge in [0.05, 0.1) is 71.1 Å². The summed E-state index contributed by atoms with van der Waals surface area (Å²) >= 11 is 10.7. The predicted octanol–water partition coefficient (Wildman–Crippen LogP) is 14.1. The number of para-hydroxylation sites is 4. The van der Waals surface area contributed by atoms with Gasteiger partial charge < -0.3 is 74.9 Å². The number of methoxy groups -OCH3 is 2. The number of aromatic nitrogens is 12. The monoisotopic (exact) mass is 1770 g/mol. The van der Waals surface area contributed by atoms with E-state index in [2.05, 4.69) is 180 Å². The molecule has 668 valence electrons. The van der Waals surface area contributed by atoms with Gasteiger partial charge in [-0.1, -0.05) is 84.4 Å². The molecule has 2 amide bonds. The fourth-order valence-electron chi connectivity index (χ4n) is 16.8. The maximum atomic E-state index is 12.1. The van der Waals surface area contributed by atoms with E-state index in [0.717, 1.165) is 219 Å². The summed E-state index contributed by atoms with van der Waals surface area (Å²) in [7, 11) is 2.60. The Morgan fingerprint density at radius 3 is 1.08 bits per heavy atom. The zero-order valence-corrected chi connectivity index (χ0v) is 75.1. The highest BCUT2D eigenvalue weighted by Gasteiger charge is 2.40. The molecule has 0 aliphatic carbocycles. The number of benzene rings is 4. The number of esters is 1. The number of carbonyl (C=O) groups is 4. The highest BCUT2D eigenvalue weighted by molar-refractivity contribution is 6.61. The summed E-state index contributed by atoms with van der Waals surface area (Å²) in [6, 6.07) is 49.9. The number of hydrogen-bond acceptors (Lipinski definition) is 29. The Labute approximate surface area is 755 Å². The number of nitrogens with two attached hydrogens (primary N) is 1. The molecule has 8 saturated heterocycles. The second kappa shape index (κ2) is 41.5. The normalized spacial score (nSPS) is 18.6. The highest BCUT2D eigenvalue weighted by atomic mass is 35.5. The second-order valence-electron chi connectivity index (χ2n) is 35.1. The van der Waals surface area contributed by atoms with E-state index in [1.807, 2.05) is 108 Å². The molecule has 12 aromatic rings. The number of carbonyl (C=O) groups excluding carboxylic acids is 4. The van der Waals surface area contributed by atoms with Crippen LogP contribution in [-0.4, -0.2) is 232 Å². The van der Waals surface area contributed by atoms with Crippen molar-refractivity contribution >= 4 is 131 Å². The van der Waals surface area contributed by atoms with Crippen LogP contribution in [0.5, 0.6) is 0 Å². The van der Waals surface area contributed by atoms with E-state index in [0.29, 0.717) is 54.3 Å². The number of ether oxygens (including phenoxy) is 4. The Bertz CT molecular complexity index is 5810.